The highest BCUT2D eigenvalue weighted by Gasteiger charge is 2.41. The van der Waals surface area contributed by atoms with Crippen molar-refractivity contribution in [2.75, 3.05) is 13.1 Å². The second-order valence-corrected chi connectivity index (χ2v) is 8.26. The zero-order valence-corrected chi connectivity index (χ0v) is 16.9. The number of hydrogen-bond donors (Lipinski definition) is 0. The van der Waals surface area contributed by atoms with E-state index in [1.807, 2.05) is 49.2 Å². The number of imidazole rings is 1. The fourth-order valence-corrected chi connectivity index (χ4v) is 4.58. The number of amides is 1. The minimum atomic E-state index is -0.256. The smallest absolute Gasteiger partial charge is 0.253 e. The van der Waals surface area contributed by atoms with Crippen molar-refractivity contribution in [2.24, 2.45) is 0 Å². The molecule has 0 bridgehead atoms. The van der Waals surface area contributed by atoms with Gasteiger partial charge in [-0.3, -0.25) is 4.79 Å². The number of carbonyl (C=O) groups is 1. The summed E-state index contributed by atoms with van der Waals surface area (Å²) in [6.07, 6.45) is 5.17. The number of ether oxygens (including phenoxy) is 1. The van der Waals surface area contributed by atoms with Crippen LogP contribution in [0.5, 0.6) is 0 Å². The second kappa shape index (κ2) is 6.88. The van der Waals surface area contributed by atoms with Gasteiger partial charge in [0.1, 0.15) is 18.1 Å². The molecule has 6 nitrogen and oxygen atoms in total. The van der Waals surface area contributed by atoms with Crippen LogP contribution < -0.4 is 0 Å². The molecule has 2 aliphatic rings. The Labute approximate surface area is 170 Å². The van der Waals surface area contributed by atoms with Crippen LogP contribution in [0.4, 0.5) is 0 Å². The summed E-state index contributed by atoms with van der Waals surface area (Å²) in [7, 11) is 0. The number of aryl methyl sites for hydroxylation is 2. The number of carbonyl (C=O) groups excluding carboxylic acids is 1. The number of likely N-dealkylation sites (tertiary alicyclic amines) is 1. The van der Waals surface area contributed by atoms with Gasteiger partial charge in [-0.2, -0.15) is 0 Å². The van der Waals surface area contributed by atoms with E-state index in [-0.39, 0.29) is 11.5 Å². The lowest BCUT2D eigenvalue weighted by Crippen LogP contribution is -2.52. The molecule has 29 heavy (non-hydrogen) atoms. The third-order valence-electron chi connectivity index (χ3n) is 6.10. The predicted molar refractivity (Wildman–Crippen MR) is 109 cm³/mol. The highest BCUT2D eigenvalue weighted by atomic mass is 16.5. The van der Waals surface area contributed by atoms with E-state index in [4.69, 9.17) is 9.15 Å². The number of fused-ring (bicyclic) bond motifs is 1. The van der Waals surface area contributed by atoms with Gasteiger partial charge in [0.2, 0.25) is 0 Å². The Bertz CT molecular complexity index is 1020. The number of hydrogen-bond acceptors (Lipinski definition) is 4. The molecule has 3 aromatic rings. The van der Waals surface area contributed by atoms with E-state index in [1.165, 1.54) is 0 Å². The Hall–Kier alpha value is -2.86. The molecule has 0 unspecified atom stereocenters. The maximum absolute atomic E-state index is 13.0. The summed E-state index contributed by atoms with van der Waals surface area (Å²) >= 11 is 0. The summed E-state index contributed by atoms with van der Waals surface area (Å²) in [5.41, 5.74) is 3.75. The molecule has 1 amide bonds. The van der Waals surface area contributed by atoms with Crippen LogP contribution in [0.2, 0.25) is 0 Å². The van der Waals surface area contributed by atoms with Crippen molar-refractivity contribution in [2.45, 2.75) is 45.4 Å². The quantitative estimate of drug-likeness (QED) is 0.663. The molecule has 6 heteroatoms. The van der Waals surface area contributed by atoms with E-state index >= 15 is 0 Å². The van der Waals surface area contributed by atoms with Gasteiger partial charge < -0.3 is 18.6 Å². The Kier molecular flexibility index (Phi) is 4.32. The summed E-state index contributed by atoms with van der Waals surface area (Å²) < 4.78 is 14.1. The normalized spacial score (nSPS) is 18.1. The number of furan rings is 1. The van der Waals surface area contributed by atoms with Crippen LogP contribution in [0.1, 0.15) is 40.2 Å². The lowest BCUT2D eigenvalue weighted by molar-refractivity contribution is -0.118. The van der Waals surface area contributed by atoms with E-state index in [1.54, 1.807) is 6.26 Å². The minimum absolute atomic E-state index is 0.113. The van der Waals surface area contributed by atoms with E-state index in [2.05, 4.69) is 15.6 Å². The maximum Gasteiger partial charge on any atom is 0.253 e. The molecule has 0 saturated carbocycles. The van der Waals surface area contributed by atoms with Crippen molar-refractivity contribution in [3.05, 3.63) is 65.3 Å². The number of nitrogens with zero attached hydrogens (tertiary/aromatic N) is 3. The lowest BCUT2D eigenvalue weighted by atomic mass is 9.89. The van der Waals surface area contributed by atoms with Crippen LogP contribution in [0, 0.1) is 13.8 Å². The van der Waals surface area contributed by atoms with E-state index in [9.17, 15) is 4.79 Å². The number of rotatable bonds is 2. The molecule has 4 heterocycles. The van der Waals surface area contributed by atoms with Crippen molar-refractivity contribution in [1.82, 2.24) is 14.5 Å². The van der Waals surface area contributed by atoms with Crippen LogP contribution in [-0.4, -0.2) is 39.0 Å². The summed E-state index contributed by atoms with van der Waals surface area (Å²) in [6.45, 7) is 6.70. The van der Waals surface area contributed by atoms with E-state index in [0.29, 0.717) is 19.7 Å². The Morgan fingerprint density at radius 3 is 2.59 bits per heavy atom. The molecule has 1 saturated heterocycles. The lowest BCUT2D eigenvalue weighted by Gasteiger charge is -2.44. The average molecular weight is 391 g/mol. The Balaban J connectivity index is 1.32. The fourth-order valence-electron chi connectivity index (χ4n) is 4.58. The molecule has 150 valence electrons. The topological polar surface area (TPSA) is 60.5 Å². The van der Waals surface area contributed by atoms with Crippen molar-refractivity contribution >= 4 is 5.91 Å². The Morgan fingerprint density at radius 2 is 1.90 bits per heavy atom. The van der Waals surface area contributed by atoms with Crippen LogP contribution in [0.15, 0.2) is 47.2 Å². The molecule has 1 aromatic carbocycles. The highest BCUT2D eigenvalue weighted by molar-refractivity contribution is 5.94. The first-order chi connectivity index (χ1) is 14.0. The van der Waals surface area contributed by atoms with Crippen molar-refractivity contribution < 1.29 is 13.9 Å². The van der Waals surface area contributed by atoms with Crippen molar-refractivity contribution in [3.63, 3.8) is 0 Å². The maximum atomic E-state index is 13.0. The first-order valence-electron chi connectivity index (χ1n) is 10.1. The van der Waals surface area contributed by atoms with Gasteiger partial charge in [-0.05, 0) is 51.0 Å². The van der Waals surface area contributed by atoms with Gasteiger partial charge in [0.05, 0.1) is 24.6 Å². The summed E-state index contributed by atoms with van der Waals surface area (Å²) in [5, 5.41) is 0. The number of aromatic nitrogens is 2. The standard InChI is InChI=1S/C23H25N3O3/c1-16-10-17(2)12-18(11-16)22(27)25-7-5-23(6-8-25)15-26-19(20-4-3-9-28-20)13-24-21(26)14-29-23/h3-4,9-13H,5-8,14-15H2,1-2H3. The third kappa shape index (κ3) is 3.27. The number of piperidine rings is 1. The molecule has 2 aliphatic heterocycles. The zero-order chi connectivity index (χ0) is 20.0. The van der Waals surface area contributed by atoms with E-state index < -0.39 is 0 Å². The van der Waals surface area contributed by atoms with E-state index in [0.717, 1.165) is 53.4 Å². The molecule has 5 rings (SSSR count). The predicted octanol–water partition coefficient (Wildman–Crippen LogP) is 3.97. The van der Waals surface area contributed by atoms with Crippen LogP contribution in [-0.2, 0) is 17.9 Å². The van der Waals surface area contributed by atoms with Gasteiger partial charge >= 0.3 is 0 Å². The van der Waals surface area contributed by atoms with Gasteiger partial charge in [0.15, 0.2) is 5.76 Å². The molecule has 0 atom stereocenters. The minimum Gasteiger partial charge on any atom is -0.463 e. The molecule has 0 aliphatic carbocycles. The highest BCUT2D eigenvalue weighted by Crippen LogP contribution is 2.36. The monoisotopic (exact) mass is 391 g/mol. The SMILES string of the molecule is Cc1cc(C)cc(C(=O)N2CCC3(CC2)Cn2c(-c4ccco4)cnc2CO3)c1. The molecule has 1 fully saturated rings. The molecule has 0 radical (unpaired) electrons. The average Bonchev–Trinajstić information content (AvgIpc) is 3.36. The van der Waals surface area contributed by atoms with Crippen molar-refractivity contribution in [1.29, 1.82) is 0 Å². The third-order valence-corrected chi connectivity index (χ3v) is 6.10. The molecule has 0 N–H and O–H groups in total. The molecular weight excluding hydrogens is 366 g/mol. The number of benzene rings is 1. The fraction of sp³-hybridized carbons (Fsp3) is 0.391. The van der Waals surface area contributed by atoms with Crippen LogP contribution in [0.3, 0.4) is 0 Å². The van der Waals surface area contributed by atoms with Gasteiger partial charge in [0, 0.05) is 18.7 Å². The molecule has 2 aromatic heterocycles. The Morgan fingerprint density at radius 1 is 1.14 bits per heavy atom. The van der Waals surface area contributed by atoms with Crippen LogP contribution in [0.25, 0.3) is 11.5 Å². The van der Waals surface area contributed by atoms with Gasteiger partial charge in [-0.15, -0.1) is 0 Å². The van der Waals surface area contributed by atoms with Gasteiger partial charge in [-0.25, -0.2) is 4.98 Å². The summed E-state index contributed by atoms with van der Waals surface area (Å²) in [4.78, 5) is 19.5. The van der Waals surface area contributed by atoms with Crippen molar-refractivity contribution in [3.8, 4) is 11.5 Å². The van der Waals surface area contributed by atoms with Gasteiger partial charge in [0.25, 0.3) is 5.91 Å². The first kappa shape index (κ1) is 18.2. The molecule has 1 spiro atoms. The van der Waals surface area contributed by atoms with Crippen LogP contribution >= 0.6 is 0 Å². The molecular formula is C23H25N3O3. The summed E-state index contributed by atoms with van der Waals surface area (Å²) in [6, 6.07) is 9.89. The first-order valence-corrected chi connectivity index (χ1v) is 10.1. The largest absolute Gasteiger partial charge is 0.463 e. The summed E-state index contributed by atoms with van der Waals surface area (Å²) in [5.74, 6) is 1.86. The van der Waals surface area contributed by atoms with Gasteiger partial charge in [-0.1, -0.05) is 17.2 Å². The zero-order valence-electron chi connectivity index (χ0n) is 16.9. The second-order valence-electron chi connectivity index (χ2n) is 8.26.